The second-order valence-electron chi connectivity index (χ2n) is 7.22. The summed E-state index contributed by atoms with van der Waals surface area (Å²) in [7, 11) is 3.15. The van der Waals surface area contributed by atoms with E-state index in [0.29, 0.717) is 30.3 Å². The Morgan fingerprint density at radius 1 is 1.13 bits per heavy atom. The van der Waals surface area contributed by atoms with Gasteiger partial charge in [0.05, 0.1) is 26.5 Å². The highest BCUT2D eigenvalue weighted by atomic mass is 16.5. The second kappa shape index (κ2) is 10.4. The van der Waals surface area contributed by atoms with E-state index in [4.69, 9.17) is 9.47 Å². The smallest absolute Gasteiger partial charge is 0.322 e. The van der Waals surface area contributed by atoms with Crippen molar-refractivity contribution in [1.82, 2.24) is 9.47 Å². The van der Waals surface area contributed by atoms with Crippen molar-refractivity contribution in [2.24, 2.45) is 0 Å². The van der Waals surface area contributed by atoms with Crippen LogP contribution in [0.15, 0.2) is 73.4 Å². The zero-order chi connectivity index (χ0) is 22.2. The molecule has 0 atom stereocenters. The Bertz CT molecular complexity index is 1040. The number of nitrogens with one attached hydrogen (secondary N) is 1. The maximum absolute atomic E-state index is 13.0. The van der Waals surface area contributed by atoms with Crippen LogP contribution in [0, 0.1) is 6.92 Å². The van der Waals surface area contributed by atoms with Crippen LogP contribution < -0.4 is 14.8 Å². The number of aromatic nitrogens is 1. The quantitative estimate of drug-likeness (QED) is 0.492. The van der Waals surface area contributed by atoms with Crippen molar-refractivity contribution in [3.8, 4) is 11.5 Å². The molecule has 31 heavy (non-hydrogen) atoms. The molecule has 0 fully saturated rings. The lowest BCUT2D eigenvalue weighted by atomic mass is 10.1. The lowest BCUT2D eigenvalue weighted by Gasteiger charge is -2.23. The summed E-state index contributed by atoms with van der Waals surface area (Å²) in [4.78, 5) is 14.8. The van der Waals surface area contributed by atoms with Gasteiger partial charge in [-0.1, -0.05) is 30.3 Å². The molecular formula is C25H29N3O3. The molecule has 0 bridgehead atoms. The average molecular weight is 420 g/mol. The molecule has 0 saturated heterocycles. The predicted octanol–water partition coefficient (Wildman–Crippen LogP) is 5.08. The highest BCUT2D eigenvalue weighted by Crippen LogP contribution is 2.29. The number of amides is 2. The highest BCUT2D eigenvalue weighted by Gasteiger charge is 2.17. The van der Waals surface area contributed by atoms with Crippen molar-refractivity contribution < 1.29 is 14.3 Å². The van der Waals surface area contributed by atoms with Gasteiger partial charge in [-0.15, -0.1) is 6.58 Å². The molecule has 0 aliphatic rings. The zero-order valence-electron chi connectivity index (χ0n) is 18.3. The van der Waals surface area contributed by atoms with Crippen LogP contribution in [0.25, 0.3) is 0 Å². The van der Waals surface area contributed by atoms with Crippen molar-refractivity contribution in [3.05, 3.63) is 90.3 Å². The first-order valence-electron chi connectivity index (χ1n) is 10.1. The minimum atomic E-state index is -0.230. The first-order chi connectivity index (χ1) is 15.0. The third-order valence-electron chi connectivity index (χ3n) is 5.17. The van der Waals surface area contributed by atoms with Gasteiger partial charge in [0.1, 0.15) is 11.5 Å². The molecule has 0 unspecified atom stereocenters. The number of ether oxygens (including phenoxy) is 2. The molecule has 6 heteroatoms. The number of aryl methyl sites for hydroxylation is 1. The van der Waals surface area contributed by atoms with E-state index in [1.165, 1.54) is 11.1 Å². The number of methoxy groups -OCH3 is 2. The SMILES string of the molecule is C=CCN(Cc1cccn1Cc1ccccc1C)C(=O)Nc1ccc(OC)cc1OC. The molecule has 6 nitrogen and oxygen atoms in total. The van der Waals surface area contributed by atoms with E-state index in [2.05, 4.69) is 35.5 Å². The van der Waals surface area contributed by atoms with Crippen LogP contribution in [-0.2, 0) is 13.1 Å². The fourth-order valence-corrected chi connectivity index (χ4v) is 3.38. The number of carbonyl (C=O) groups is 1. The molecule has 0 aliphatic heterocycles. The van der Waals surface area contributed by atoms with E-state index < -0.39 is 0 Å². The van der Waals surface area contributed by atoms with Gasteiger partial charge in [0.25, 0.3) is 0 Å². The maximum atomic E-state index is 13.0. The summed E-state index contributed by atoms with van der Waals surface area (Å²) < 4.78 is 12.8. The van der Waals surface area contributed by atoms with Crippen molar-refractivity contribution in [3.63, 3.8) is 0 Å². The summed E-state index contributed by atoms with van der Waals surface area (Å²) in [5, 5.41) is 2.94. The van der Waals surface area contributed by atoms with Crippen molar-refractivity contribution in [2.45, 2.75) is 20.0 Å². The Labute approximate surface area is 183 Å². The molecule has 1 N–H and O–H groups in total. The largest absolute Gasteiger partial charge is 0.497 e. The van der Waals surface area contributed by atoms with Gasteiger partial charge in [-0.3, -0.25) is 0 Å². The van der Waals surface area contributed by atoms with E-state index in [-0.39, 0.29) is 6.03 Å². The summed E-state index contributed by atoms with van der Waals surface area (Å²) in [6.45, 7) is 7.54. The van der Waals surface area contributed by atoms with Gasteiger partial charge >= 0.3 is 6.03 Å². The van der Waals surface area contributed by atoms with Crippen molar-refractivity contribution in [2.75, 3.05) is 26.1 Å². The molecule has 0 aliphatic carbocycles. The van der Waals surface area contributed by atoms with Crippen molar-refractivity contribution >= 4 is 11.7 Å². The molecule has 2 amide bonds. The van der Waals surface area contributed by atoms with Gasteiger partial charge in [-0.25, -0.2) is 4.79 Å². The minimum absolute atomic E-state index is 0.230. The predicted molar refractivity (Wildman–Crippen MR) is 124 cm³/mol. The number of rotatable bonds is 9. The summed E-state index contributed by atoms with van der Waals surface area (Å²) in [6.07, 6.45) is 3.76. The van der Waals surface area contributed by atoms with Gasteiger partial charge < -0.3 is 24.3 Å². The van der Waals surface area contributed by atoms with Gasteiger partial charge in [0.15, 0.2) is 0 Å². The molecule has 0 radical (unpaired) electrons. The summed E-state index contributed by atoms with van der Waals surface area (Å²) in [5.41, 5.74) is 4.12. The summed E-state index contributed by atoms with van der Waals surface area (Å²) in [5.74, 6) is 1.20. The van der Waals surface area contributed by atoms with Crippen molar-refractivity contribution in [1.29, 1.82) is 0 Å². The normalized spacial score (nSPS) is 10.4. The van der Waals surface area contributed by atoms with Gasteiger partial charge in [-0.05, 0) is 42.3 Å². The van der Waals surface area contributed by atoms with Crippen LogP contribution in [0.5, 0.6) is 11.5 Å². The van der Waals surface area contributed by atoms with Crippen LogP contribution in [0.2, 0.25) is 0 Å². The molecule has 1 aromatic heterocycles. The third-order valence-corrected chi connectivity index (χ3v) is 5.17. The number of nitrogens with zero attached hydrogens (tertiary/aromatic N) is 2. The number of hydrogen-bond acceptors (Lipinski definition) is 3. The first kappa shape index (κ1) is 22.0. The molecule has 2 aromatic carbocycles. The van der Waals surface area contributed by atoms with Gasteiger partial charge in [-0.2, -0.15) is 0 Å². The summed E-state index contributed by atoms with van der Waals surface area (Å²) in [6, 6.07) is 17.4. The topological polar surface area (TPSA) is 55.7 Å². The average Bonchev–Trinajstić information content (AvgIpc) is 3.21. The first-order valence-corrected chi connectivity index (χ1v) is 10.1. The Kier molecular flexibility index (Phi) is 7.38. The van der Waals surface area contributed by atoms with E-state index in [0.717, 1.165) is 12.2 Å². The fraction of sp³-hybridized carbons (Fsp3) is 0.240. The maximum Gasteiger partial charge on any atom is 0.322 e. The second-order valence-corrected chi connectivity index (χ2v) is 7.22. The zero-order valence-corrected chi connectivity index (χ0v) is 18.3. The van der Waals surface area contributed by atoms with E-state index in [1.807, 2.05) is 30.5 Å². The molecule has 0 spiro atoms. The molecule has 0 saturated carbocycles. The number of anilines is 1. The van der Waals surface area contributed by atoms with Crippen LogP contribution in [-0.4, -0.2) is 36.3 Å². The lowest BCUT2D eigenvalue weighted by molar-refractivity contribution is 0.213. The van der Waals surface area contributed by atoms with Gasteiger partial charge in [0.2, 0.25) is 0 Å². The highest BCUT2D eigenvalue weighted by molar-refractivity contribution is 5.91. The van der Waals surface area contributed by atoms with Crippen LogP contribution >= 0.6 is 0 Å². The Hall–Kier alpha value is -3.67. The monoisotopic (exact) mass is 419 g/mol. The molecule has 1 heterocycles. The van der Waals surface area contributed by atoms with E-state index in [1.54, 1.807) is 43.4 Å². The van der Waals surface area contributed by atoms with Crippen LogP contribution in [0.3, 0.4) is 0 Å². The van der Waals surface area contributed by atoms with Gasteiger partial charge in [0, 0.05) is 31.0 Å². The summed E-state index contributed by atoms with van der Waals surface area (Å²) >= 11 is 0. The molecule has 3 rings (SSSR count). The molecule has 162 valence electrons. The molecular weight excluding hydrogens is 390 g/mol. The number of carbonyl (C=O) groups excluding carboxylic acids is 1. The Balaban J connectivity index is 1.76. The minimum Gasteiger partial charge on any atom is -0.497 e. The van der Waals surface area contributed by atoms with E-state index in [9.17, 15) is 4.79 Å². The van der Waals surface area contributed by atoms with Crippen LogP contribution in [0.1, 0.15) is 16.8 Å². The fourth-order valence-electron chi connectivity index (χ4n) is 3.38. The Morgan fingerprint density at radius 3 is 2.65 bits per heavy atom. The number of urea groups is 1. The standard InChI is InChI=1S/C25H29N3O3/c1-5-14-28(25(29)26-23-13-12-22(30-3)16-24(23)31-4)18-21-11-8-15-27(21)17-20-10-7-6-9-19(20)2/h5-13,15-16H,1,14,17-18H2,2-4H3,(H,26,29). The molecule has 3 aromatic rings. The third kappa shape index (κ3) is 5.48. The van der Waals surface area contributed by atoms with Crippen LogP contribution in [0.4, 0.5) is 10.5 Å². The lowest BCUT2D eigenvalue weighted by Crippen LogP contribution is -2.35. The van der Waals surface area contributed by atoms with E-state index >= 15 is 0 Å². The Morgan fingerprint density at radius 2 is 1.94 bits per heavy atom. The number of benzene rings is 2. The number of hydrogen-bond donors (Lipinski definition) is 1.